The van der Waals surface area contributed by atoms with E-state index in [2.05, 4.69) is 4.72 Å². The first-order chi connectivity index (χ1) is 5.77. The molecule has 5 heteroatoms. The summed E-state index contributed by atoms with van der Waals surface area (Å²) in [5.41, 5.74) is -0.0994. The minimum atomic E-state index is -3.09. The van der Waals surface area contributed by atoms with Crippen molar-refractivity contribution in [1.82, 2.24) is 4.72 Å². The van der Waals surface area contributed by atoms with Gasteiger partial charge in [0.25, 0.3) is 0 Å². The Bertz CT molecular complexity index is 284. The molecule has 0 radical (unpaired) electrons. The molecule has 0 spiro atoms. The first-order valence-electron chi connectivity index (χ1n) is 4.27. The van der Waals surface area contributed by atoms with E-state index in [-0.39, 0.29) is 17.6 Å². The Morgan fingerprint density at radius 2 is 2.00 bits per heavy atom. The second-order valence-electron chi connectivity index (χ2n) is 4.22. The van der Waals surface area contributed by atoms with Gasteiger partial charge < -0.3 is 4.74 Å². The molecule has 0 aromatic carbocycles. The van der Waals surface area contributed by atoms with Crippen LogP contribution in [-0.4, -0.2) is 33.9 Å². The smallest absolute Gasteiger partial charge is 0.208 e. The zero-order valence-electron chi connectivity index (χ0n) is 8.49. The van der Waals surface area contributed by atoms with Crippen molar-refractivity contribution in [3.8, 4) is 0 Å². The maximum Gasteiger partial charge on any atom is 0.208 e. The van der Waals surface area contributed by atoms with Gasteiger partial charge in [0.15, 0.2) is 0 Å². The third-order valence-corrected chi connectivity index (χ3v) is 3.53. The van der Waals surface area contributed by atoms with E-state index in [1.165, 1.54) is 6.26 Å². The Kier molecular flexibility index (Phi) is 2.71. The second kappa shape index (κ2) is 3.22. The number of sulfonamides is 1. The van der Waals surface area contributed by atoms with Crippen LogP contribution in [0.25, 0.3) is 0 Å². The lowest BCUT2D eigenvalue weighted by molar-refractivity contribution is -0.0908. The van der Waals surface area contributed by atoms with E-state index in [1.807, 2.05) is 13.8 Å². The van der Waals surface area contributed by atoms with Crippen LogP contribution in [-0.2, 0) is 14.8 Å². The fraction of sp³-hybridized carbons (Fsp3) is 1.00. The number of hydrogen-bond acceptors (Lipinski definition) is 3. The predicted octanol–water partition coefficient (Wildman–Crippen LogP) is 0.349. The summed E-state index contributed by atoms with van der Waals surface area (Å²) in [6.07, 6.45) is 2.10. The van der Waals surface area contributed by atoms with Crippen molar-refractivity contribution in [2.75, 3.05) is 13.4 Å². The van der Waals surface area contributed by atoms with Crippen LogP contribution in [0.2, 0.25) is 0 Å². The molecule has 2 unspecified atom stereocenters. The number of hydrogen-bond donors (Lipinski definition) is 1. The molecule has 0 bridgehead atoms. The second-order valence-corrected chi connectivity index (χ2v) is 6.00. The molecule has 1 aliphatic carbocycles. The molecule has 0 aromatic rings. The predicted molar refractivity (Wildman–Crippen MR) is 51.0 cm³/mol. The van der Waals surface area contributed by atoms with Crippen LogP contribution in [0, 0.1) is 5.41 Å². The van der Waals surface area contributed by atoms with Crippen LogP contribution in [0.1, 0.15) is 20.3 Å². The highest BCUT2D eigenvalue weighted by Crippen LogP contribution is 2.42. The third-order valence-electron chi connectivity index (χ3n) is 2.82. The van der Waals surface area contributed by atoms with E-state index in [0.29, 0.717) is 0 Å². The van der Waals surface area contributed by atoms with Gasteiger partial charge in [0.2, 0.25) is 10.0 Å². The van der Waals surface area contributed by atoms with Crippen LogP contribution >= 0.6 is 0 Å². The summed E-state index contributed by atoms with van der Waals surface area (Å²) in [5.74, 6) is 0. The summed E-state index contributed by atoms with van der Waals surface area (Å²) < 4.78 is 29.7. The molecule has 0 saturated heterocycles. The van der Waals surface area contributed by atoms with Crippen molar-refractivity contribution in [3.63, 3.8) is 0 Å². The van der Waals surface area contributed by atoms with Crippen LogP contribution in [0.5, 0.6) is 0 Å². The third kappa shape index (κ3) is 2.21. The monoisotopic (exact) mass is 207 g/mol. The van der Waals surface area contributed by atoms with Gasteiger partial charge in [-0.3, -0.25) is 0 Å². The van der Waals surface area contributed by atoms with E-state index in [4.69, 9.17) is 4.74 Å². The molecular formula is C8H17NO3S. The van der Waals surface area contributed by atoms with Crippen LogP contribution in [0.4, 0.5) is 0 Å². The Hall–Kier alpha value is -0.130. The van der Waals surface area contributed by atoms with Gasteiger partial charge >= 0.3 is 0 Å². The Morgan fingerprint density at radius 3 is 2.31 bits per heavy atom. The Labute approximate surface area is 79.7 Å². The van der Waals surface area contributed by atoms with E-state index in [0.717, 1.165) is 6.42 Å². The fourth-order valence-corrected chi connectivity index (χ4v) is 2.66. The van der Waals surface area contributed by atoms with Crippen molar-refractivity contribution < 1.29 is 13.2 Å². The van der Waals surface area contributed by atoms with E-state index in [9.17, 15) is 8.42 Å². The average molecular weight is 207 g/mol. The fourth-order valence-electron chi connectivity index (χ4n) is 1.74. The molecular weight excluding hydrogens is 190 g/mol. The summed E-state index contributed by atoms with van der Waals surface area (Å²) in [7, 11) is -1.44. The van der Waals surface area contributed by atoms with E-state index in [1.54, 1.807) is 7.11 Å². The van der Waals surface area contributed by atoms with Crippen molar-refractivity contribution in [3.05, 3.63) is 0 Å². The topological polar surface area (TPSA) is 55.4 Å². The molecule has 4 nitrogen and oxygen atoms in total. The zero-order chi connectivity index (χ0) is 10.3. The first kappa shape index (κ1) is 10.9. The number of ether oxygens (including phenoxy) is 1. The quantitative estimate of drug-likeness (QED) is 0.726. The van der Waals surface area contributed by atoms with Crippen LogP contribution < -0.4 is 4.72 Å². The molecule has 78 valence electrons. The maximum absolute atomic E-state index is 11.0. The summed E-state index contributed by atoms with van der Waals surface area (Å²) >= 11 is 0. The minimum absolute atomic E-state index is 0.00690. The molecule has 13 heavy (non-hydrogen) atoms. The Balaban J connectivity index is 2.59. The number of methoxy groups -OCH3 is 1. The van der Waals surface area contributed by atoms with Gasteiger partial charge in [0.1, 0.15) is 0 Å². The molecule has 0 heterocycles. The molecule has 0 aliphatic heterocycles. The largest absolute Gasteiger partial charge is 0.381 e. The summed E-state index contributed by atoms with van der Waals surface area (Å²) in [6.45, 7) is 4.01. The number of nitrogens with one attached hydrogen (secondary N) is 1. The summed E-state index contributed by atoms with van der Waals surface area (Å²) in [4.78, 5) is 0. The highest BCUT2D eigenvalue weighted by Gasteiger charge is 2.49. The normalized spacial score (nSPS) is 32.6. The molecule has 1 saturated carbocycles. The van der Waals surface area contributed by atoms with Gasteiger partial charge in [-0.1, -0.05) is 13.8 Å². The maximum atomic E-state index is 11.0. The molecule has 1 N–H and O–H groups in total. The lowest BCUT2D eigenvalue weighted by atomic mass is 9.65. The molecule has 0 aromatic heterocycles. The van der Waals surface area contributed by atoms with Crippen molar-refractivity contribution in [1.29, 1.82) is 0 Å². The number of rotatable bonds is 3. The van der Waals surface area contributed by atoms with Crippen molar-refractivity contribution >= 4 is 10.0 Å². The van der Waals surface area contributed by atoms with Gasteiger partial charge in [0.05, 0.1) is 12.4 Å². The minimum Gasteiger partial charge on any atom is -0.381 e. The van der Waals surface area contributed by atoms with Gasteiger partial charge in [-0.05, 0) is 6.42 Å². The van der Waals surface area contributed by atoms with Crippen molar-refractivity contribution in [2.45, 2.75) is 32.4 Å². The van der Waals surface area contributed by atoms with Crippen LogP contribution in [0.3, 0.4) is 0 Å². The lowest BCUT2D eigenvalue weighted by Gasteiger charge is -2.50. The molecule has 1 aliphatic rings. The molecule has 1 fully saturated rings. The van der Waals surface area contributed by atoms with E-state index >= 15 is 0 Å². The van der Waals surface area contributed by atoms with Gasteiger partial charge in [-0.15, -0.1) is 0 Å². The summed E-state index contributed by atoms with van der Waals surface area (Å²) in [5, 5.41) is 0. The molecule has 0 amide bonds. The first-order valence-corrected chi connectivity index (χ1v) is 6.16. The van der Waals surface area contributed by atoms with Gasteiger partial charge in [0, 0.05) is 18.6 Å². The van der Waals surface area contributed by atoms with Crippen LogP contribution in [0.15, 0.2) is 0 Å². The molecule has 2 atom stereocenters. The molecule has 1 rings (SSSR count). The van der Waals surface area contributed by atoms with Gasteiger partial charge in [-0.2, -0.15) is 0 Å². The summed E-state index contributed by atoms with van der Waals surface area (Å²) in [6, 6.07) is 0.00690. The SMILES string of the molecule is COC1CC(NS(C)(=O)=O)C1(C)C. The highest BCUT2D eigenvalue weighted by atomic mass is 32.2. The standard InChI is InChI=1S/C8H17NO3S/c1-8(2)6(5-7(8)12-3)9-13(4,10)11/h6-7,9H,5H2,1-4H3. The zero-order valence-corrected chi connectivity index (χ0v) is 9.31. The van der Waals surface area contributed by atoms with E-state index < -0.39 is 10.0 Å². The highest BCUT2D eigenvalue weighted by molar-refractivity contribution is 7.88. The van der Waals surface area contributed by atoms with Crippen molar-refractivity contribution in [2.24, 2.45) is 5.41 Å². The van der Waals surface area contributed by atoms with Gasteiger partial charge in [-0.25, -0.2) is 13.1 Å². The lowest BCUT2D eigenvalue weighted by Crippen LogP contribution is -2.61. The average Bonchev–Trinajstić information content (AvgIpc) is 1.95. The Morgan fingerprint density at radius 1 is 1.46 bits per heavy atom.